The molecule has 1 spiro atoms. The molecule has 47 heavy (non-hydrogen) atoms. The number of carboxylic acids is 1. The smallest absolute Gasteiger partial charge is 0.335 e. The Balaban J connectivity index is 1.37. The number of carbonyl (C=O) groups is 2. The van der Waals surface area contributed by atoms with E-state index in [-0.39, 0.29) is 52.0 Å². The van der Waals surface area contributed by atoms with Gasteiger partial charge in [0.1, 0.15) is 35.4 Å². The first kappa shape index (κ1) is 35.5. The number of aliphatic hydroxyl groups excluding tert-OH is 4. The molecule has 2 heterocycles. The van der Waals surface area contributed by atoms with Gasteiger partial charge in [-0.1, -0.05) is 13.0 Å². The predicted molar refractivity (Wildman–Crippen MR) is 169 cm³/mol. The molecule has 0 radical (unpaired) electrons. The van der Waals surface area contributed by atoms with Crippen LogP contribution in [0.2, 0.25) is 0 Å². The SMILES string of the molecule is CC(=O)c1c(C)cc2cc(C(=O)O)cc(O[C@H]3O[C@H](CO)[C@](O)(CC[C@@H](C)[C@@H]4CCOC[C@@]45CC[C@H](CCO)C5)[C@H](O)[C@H]3O)c2c1O. The lowest BCUT2D eigenvalue weighted by Crippen LogP contribution is -2.68. The number of carbonyl (C=O) groups excluding carboxylic acids is 1. The lowest BCUT2D eigenvalue weighted by atomic mass is 9.64. The largest absolute Gasteiger partial charge is 0.506 e. The van der Waals surface area contributed by atoms with Crippen molar-refractivity contribution in [3.8, 4) is 11.5 Å². The lowest BCUT2D eigenvalue weighted by Gasteiger charge is -2.49. The second kappa shape index (κ2) is 13.9. The molecule has 260 valence electrons. The van der Waals surface area contributed by atoms with Crippen LogP contribution in [0, 0.1) is 30.1 Å². The molecule has 1 aliphatic carbocycles. The van der Waals surface area contributed by atoms with E-state index in [4.69, 9.17) is 14.2 Å². The minimum atomic E-state index is -2.04. The van der Waals surface area contributed by atoms with Crippen molar-refractivity contribution in [2.45, 2.75) is 95.9 Å². The fraction of sp³-hybridized carbons (Fsp3) is 0.657. The molecule has 2 saturated heterocycles. The van der Waals surface area contributed by atoms with Gasteiger partial charge in [-0.05, 0) is 105 Å². The zero-order chi connectivity index (χ0) is 34.3. The Morgan fingerprint density at radius 2 is 1.89 bits per heavy atom. The molecule has 7 N–H and O–H groups in total. The lowest BCUT2D eigenvalue weighted by molar-refractivity contribution is -0.315. The molecule has 2 aromatic rings. The van der Waals surface area contributed by atoms with E-state index in [1.165, 1.54) is 19.1 Å². The number of rotatable bonds is 11. The summed E-state index contributed by atoms with van der Waals surface area (Å²) in [5.41, 5.74) is -1.82. The summed E-state index contributed by atoms with van der Waals surface area (Å²) in [6, 6.07) is 3.96. The molecule has 3 aliphatic rings. The van der Waals surface area contributed by atoms with E-state index in [2.05, 4.69) is 6.92 Å². The molecular weight excluding hydrogens is 612 g/mol. The molecule has 12 nitrogen and oxygen atoms in total. The Bertz CT molecular complexity index is 1470. The molecular formula is C35H48O12. The summed E-state index contributed by atoms with van der Waals surface area (Å²) in [6.07, 6.45) is -1.59. The standard InChI is InChI=1S/C35H48O12/c1-18(24-7-11-45-17-34(24)8-5-21(15-34)6-10-36)4-9-35(44)26(16-37)47-33(30(40)31(35)41)46-25-14-23(32(42)43)13-22-12-19(2)27(20(3)38)29(39)28(22)25/h12-14,18,21,24,26,30-31,33,36-37,39-41,44H,4-11,15-17H2,1-3H3,(H,42,43)/t18-,21-,24+,26-,30-,31-,33+,34+,35-/m1/s1. The number of ketones is 1. The summed E-state index contributed by atoms with van der Waals surface area (Å²) >= 11 is 0. The molecule has 0 aromatic heterocycles. The van der Waals surface area contributed by atoms with E-state index in [1.54, 1.807) is 6.92 Å². The third-order valence-electron chi connectivity index (χ3n) is 11.1. The number of phenols is 1. The van der Waals surface area contributed by atoms with Crippen LogP contribution in [0.4, 0.5) is 0 Å². The van der Waals surface area contributed by atoms with Crippen LogP contribution in [-0.2, 0) is 9.47 Å². The highest BCUT2D eigenvalue weighted by Gasteiger charge is 2.56. The number of ether oxygens (including phenoxy) is 3. The first-order valence-electron chi connectivity index (χ1n) is 16.5. The monoisotopic (exact) mass is 660 g/mol. The normalized spacial score (nSPS) is 33.3. The van der Waals surface area contributed by atoms with Gasteiger partial charge in [0.2, 0.25) is 6.29 Å². The molecule has 0 bridgehead atoms. The van der Waals surface area contributed by atoms with Gasteiger partial charge in [-0.15, -0.1) is 0 Å². The van der Waals surface area contributed by atoms with Crippen molar-refractivity contribution in [3.63, 3.8) is 0 Å². The summed E-state index contributed by atoms with van der Waals surface area (Å²) in [7, 11) is 0. The number of benzene rings is 2. The van der Waals surface area contributed by atoms with Crippen molar-refractivity contribution in [1.29, 1.82) is 0 Å². The first-order chi connectivity index (χ1) is 22.3. The molecule has 12 heteroatoms. The fourth-order valence-corrected chi connectivity index (χ4v) is 8.62. The highest BCUT2D eigenvalue weighted by molar-refractivity contribution is 6.08. The topological polar surface area (TPSA) is 203 Å². The summed E-state index contributed by atoms with van der Waals surface area (Å²) < 4.78 is 17.7. The van der Waals surface area contributed by atoms with Gasteiger partial charge in [0.15, 0.2) is 5.78 Å². The minimum Gasteiger partial charge on any atom is -0.506 e. The van der Waals surface area contributed by atoms with Crippen LogP contribution in [0.15, 0.2) is 18.2 Å². The number of fused-ring (bicyclic) bond motifs is 1. The molecule has 2 aromatic carbocycles. The number of aryl methyl sites for hydroxylation is 1. The third-order valence-corrected chi connectivity index (χ3v) is 11.1. The molecule has 0 unspecified atom stereocenters. The fourth-order valence-electron chi connectivity index (χ4n) is 8.62. The molecule has 2 aliphatic heterocycles. The molecule has 9 atom stereocenters. The van der Waals surface area contributed by atoms with Gasteiger partial charge >= 0.3 is 5.97 Å². The second-order valence-corrected chi connectivity index (χ2v) is 14.0. The Labute approximate surface area is 273 Å². The number of carboxylic acid groups (broad SMARTS) is 1. The van der Waals surface area contributed by atoms with E-state index in [0.29, 0.717) is 37.0 Å². The van der Waals surface area contributed by atoms with Gasteiger partial charge in [0.25, 0.3) is 0 Å². The van der Waals surface area contributed by atoms with Crippen molar-refractivity contribution in [2.75, 3.05) is 26.4 Å². The highest BCUT2D eigenvalue weighted by atomic mass is 16.7. The van der Waals surface area contributed by atoms with Gasteiger partial charge in [-0.3, -0.25) is 4.79 Å². The maximum absolute atomic E-state index is 12.3. The van der Waals surface area contributed by atoms with Crippen LogP contribution in [0.5, 0.6) is 11.5 Å². The highest BCUT2D eigenvalue weighted by Crippen LogP contribution is 2.54. The third kappa shape index (κ3) is 6.61. The average molecular weight is 661 g/mol. The van der Waals surface area contributed by atoms with Crippen LogP contribution < -0.4 is 4.74 Å². The maximum atomic E-state index is 12.3. The first-order valence-corrected chi connectivity index (χ1v) is 16.5. The Kier molecular flexibility index (Phi) is 10.5. The molecule has 0 amide bonds. The van der Waals surface area contributed by atoms with Crippen molar-refractivity contribution < 1.29 is 59.5 Å². The molecule has 1 saturated carbocycles. The number of hydrogen-bond donors (Lipinski definition) is 7. The Morgan fingerprint density at radius 1 is 1.15 bits per heavy atom. The van der Waals surface area contributed by atoms with Gasteiger partial charge in [0.05, 0.1) is 29.7 Å². The summed E-state index contributed by atoms with van der Waals surface area (Å²) in [4.78, 5) is 24.2. The predicted octanol–water partition coefficient (Wildman–Crippen LogP) is 2.93. The van der Waals surface area contributed by atoms with Crippen LogP contribution in [0.3, 0.4) is 0 Å². The van der Waals surface area contributed by atoms with Gasteiger partial charge < -0.3 is 50.0 Å². The quantitative estimate of drug-likeness (QED) is 0.174. The average Bonchev–Trinajstić information content (AvgIpc) is 3.42. The van der Waals surface area contributed by atoms with Crippen molar-refractivity contribution in [2.24, 2.45) is 23.2 Å². The van der Waals surface area contributed by atoms with Crippen molar-refractivity contribution in [3.05, 3.63) is 34.9 Å². The molecule has 3 fully saturated rings. The van der Waals surface area contributed by atoms with Crippen molar-refractivity contribution >= 4 is 22.5 Å². The number of hydrogen-bond acceptors (Lipinski definition) is 11. The van der Waals surface area contributed by atoms with Crippen LogP contribution >= 0.6 is 0 Å². The number of phenolic OH excluding ortho intramolecular Hbond substituents is 1. The van der Waals surface area contributed by atoms with E-state index in [0.717, 1.165) is 38.2 Å². The number of aliphatic hydroxyl groups is 5. The summed E-state index contributed by atoms with van der Waals surface area (Å²) in [6.45, 7) is 5.72. The zero-order valence-electron chi connectivity index (χ0n) is 27.2. The van der Waals surface area contributed by atoms with E-state index >= 15 is 0 Å². The van der Waals surface area contributed by atoms with Crippen LogP contribution in [-0.4, -0.2) is 104 Å². The molecule has 5 rings (SSSR count). The van der Waals surface area contributed by atoms with Gasteiger partial charge in [0, 0.05) is 13.2 Å². The van der Waals surface area contributed by atoms with E-state index in [1.807, 2.05) is 0 Å². The summed E-state index contributed by atoms with van der Waals surface area (Å²) in [5, 5.41) is 75.2. The van der Waals surface area contributed by atoms with E-state index < -0.39 is 54.3 Å². The Hall–Kier alpha value is -2.84. The minimum absolute atomic E-state index is 0.00447. The zero-order valence-corrected chi connectivity index (χ0v) is 27.2. The Morgan fingerprint density at radius 3 is 2.55 bits per heavy atom. The number of Topliss-reactive ketones (excluding diaryl/α,β-unsaturated/α-hetero) is 1. The van der Waals surface area contributed by atoms with Crippen molar-refractivity contribution in [1.82, 2.24) is 0 Å². The maximum Gasteiger partial charge on any atom is 0.335 e. The number of aromatic hydroxyl groups is 1. The van der Waals surface area contributed by atoms with Crippen LogP contribution in [0.25, 0.3) is 10.8 Å². The van der Waals surface area contributed by atoms with Gasteiger partial charge in [-0.25, -0.2) is 4.79 Å². The van der Waals surface area contributed by atoms with Gasteiger partial charge in [-0.2, -0.15) is 0 Å². The van der Waals surface area contributed by atoms with Crippen LogP contribution in [0.1, 0.15) is 85.1 Å². The second-order valence-electron chi connectivity index (χ2n) is 14.0. The summed E-state index contributed by atoms with van der Waals surface area (Å²) in [5.74, 6) is -1.54. The van der Waals surface area contributed by atoms with E-state index in [9.17, 15) is 45.3 Å². The number of aromatic carboxylic acids is 1.